The second-order valence-electron chi connectivity index (χ2n) is 6.30. The summed E-state index contributed by atoms with van der Waals surface area (Å²) in [5.41, 5.74) is 0.978. The second kappa shape index (κ2) is 6.20. The van der Waals surface area contributed by atoms with Crippen LogP contribution in [0.2, 0.25) is 0 Å². The number of halogens is 1. The fourth-order valence-electron chi connectivity index (χ4n) is 3.12. The van der Waals surface area contributed by atoms with E-state index >= 15 is 0 Å². The third-order valence-electron chi connectivity index (χ3n) is 4.63. The summed E-state index contributed by atoms with van der Waals surface area (Å²) in [4.78, 5) is 12.4. The van der Waals surface area contributed by atoms with Crippen LogP contribution in [-0.4, -0.2) is 13.1 Å². The molecule has 4 rings (SSSR count). The quantitative estimate of drug-likeness (QED) is 0.512. The summed E-state index contributed by atoms with van der Waals surface area (Å²) >= 11 is 0. The zero-order valence-corrected chi connectivity index (χ0v) is 13.7. The van der Waals surface area contributed by atoms with Crippen molar-refractivity contribution in [1.82, 2.24) is 0 Å². The Hall–Kier alpha value is -2.88. The molecule has 1 aliphatic carbocycles. The van der Waals surface area contributed by atoms with Crippen molar-refractivity contribution in [2.75, 3.05) is 7.11 Å². The molecule has 3 aromatic carbocycles. The maximum absolute atomic E-state index is 13.0. The summed E-state index contributed by atoms with van der Waals surface area (Å²) in [6.45, 7) is 0. The number of carbonyl (C=O) groups excluding carboxylic acids is 1. The normalized spacial score (nSPS) is 18.8. The number of carbonyl (C=O) groups is 1. The Morgan fingerprint density at radius 2 is 1.64 bits per heavy atom. The minimum atomic E-state index is -0.268. The Balaban J connectivity index is 1.48. The minimum Gasteiger partial charge on any atom is -0.497 e. The molecule has 1 fully saturated rings. The van der Waals surface area contributed by atoms with E-state index in [9.17, 15) is 9.18 Å². The smallest absolute Gasteiger partial charge is 0.314 e. The molecule has 0 amide bonds. The molecule has 0 N–H and O–H groups in total. The van der Waals surface area contributed by atoms with Crippen molar-refractivity contribution in [3.63, 3.8) is 0 Å². The summed E-state index contributed by atoms with van der Waals surface area (Å²) in [6.07, 6.45) is 0.742. The van der Waals surface area contributed by atoms with Crippen LogP contribution in [-0.2, 0) is 4.79 Å². The average Bonchev–Trinajstić information content (AvgIpc) is 3.42. The van der Waals surface area contributed by atoms with E-state index in [1.807, 2.05) is 30.3 Å². The zero-order valence-electron chi connectivity index (χ0n) is 13.7. The first kappa shape index (κ1) is 15.6. The molecular formula is C21H17FO3. The molecule has 0 aliphatic heterocycles. The van der Waals surface area contributed by atoms with Crippen LogP contribution < -0.4 is 9.47 Å². The molecule has 3 nitrogen and oxygen atoms in total. The lowest BCUT2D eigenvalue weighted by Crippen LogP contribution is -2.11. The van der Waals surface area contributed by atoms with E-state index in [1.165, 1.54) is 12.1 Å². The van der Waals surface area contributed by atoms with Crippen LogP contribution in [0.5, 0.6) is 11.5 Å². The number of rotatable bonds is 4. The van der Waals surface area contributed by atoms with Crippen LogP contribution in [0.3, 0.4) is 0 Å². The molecule has 0 spiro atoms. The maximum Gasteiger partial charge on any atom is 0.314 e. The van der Waals surface area contributed by atoms with Gasteiger partial charge in [-0.05, 0) is 65.1 Å². The predicted molar refractivity (Wildman–Crippen MR) is 93.4 cm³/mol. The molecule has 126 valence electrons. The number of benzene rings is 3. The van der Waals surface area contributed by atoms with E-state index in [-0.39, 0.29) is 23.6 Å². The fraction of sp³-hybridized carbons (Fsp3) is 0.190. The van der Waals surface area contributed by atoms with E-state index < -0.39 is 0 Å². The van der Waals surface area contributed by atoms with E-state index in [0.717, 1.165) is 28.5 Å². The molecule has 1 aliphatic rings. The van der Waals surface area contributed by atoms with Crippen molar-refractivity contribution in [3.05, 3.63) is 72.0 Å². The lowest BCUT2D eigenvalue weighted by Gasteiger charge is -2.07. The van der Waals surface area contributed by atoms with Gasteiger partial charge in [0.2, 0.25) is 0 Å². The lowest BCUT2D eigenvalue weighted by atomic mass is 10.1. The summed E-state index contributed by atoms with van der Waals surface area (Å²) < 4.78 is 23.8. The van der Waals surface area contributed by atoms with Crippen LogP contribution in [0.25, 0.3) is 10.8 Å². The topological polar surface area (TPSA) is 35.5 Å². The predicted octanol–water partition coefficient (Wildman–Crippen LogP) is 4.70. The summed E-state index contributed by atoms with van der Waals surface area (Å²) in [5.74, 6) is 0.733. The molecule has 1 saturated carbocycles. The Morgan fingerprint density at radius 3 is 2.36 bits per heavy atom. The van der Waals surface area contributed by atoms with Crippen LogP contribution in [0.15, 0.2) is 60.7 Å². The van der Waals surface area contributed by atoms with Crippen LogP contribution >= 0.6 is 0 Å². The highest BCUT2D eigenvalue weighted by Gasteiger charge is 2.45. The van der Waals surface area contributed by atoms with Gasteiger partial charge in [-0.1, -0.05) is 24.3 Å². The first-order chi connectivity index (χ1) is 12.1. The highest BCUT2D eigenvalue weighted by Crippen LogP contribution is 2.48. The van der Waals surface area contributed by atoms with Gasteiger partial charge in [-0.25, -0.2) is 4.39 Å². The van der Waals surface area contributed by atoms with Crippen molar-refractivity contribution in [3.8, 4) is 11.5 Å². The number of hydrogen-bond donors (Lipinski definition) is 0. The number of esters is 1. The molecule has 25 heavy (non-hydrogen) atoms. The van der Waals surface area contributed by atoms with Crippen LogP contribution in [0, 0.1) is 11.7 Å². The van der Waals surface area contributed by atoms with E-state index in [0.29, 0.717) is 5.75 Å². The lowest BCUT2D eigenvalue weighted by molar-refractivity contribution is -0.135. The Morgan fingerprint density at radius 1 is 0.960 bits per heavy atom. The van der Waals surface area contributed by atoms with E-state index in [2.05, 4.69) is 0 Å². The second-order valence-corrected chi connectivity index (χ2v) is 6.30. The Bertz CT molecular complexity index is 934. The summed E-state index contributed by atoms with van der Waals surface area (Å²) in [7, 11) is 1.62. The van der Waals surface area contributed by atoms with Gasteiger partial charge >= 0.3 is 5.97 Å². The number of fused-ring (bicyclic) bond motifs is 1. The van der Waals surface area contributed by atoms with Crippen LogP contribution in [0.1, 0.15) is 17.9 Å². The van der Waals surface area contributed by atoms with Crippen molar-refractivity contribution in [2.45, 2.75) is 12.3 Å². The third-order valence-corrected chi connectivity index (χ3v) is 4.63. The maximum atomic E-state index is 13.0. The van der Waals surface area contributed by atoms with Gasteiger partial charge in [-0.15, -0.1) is 0 Å². The van der Waals surface area contributed by atoms with E-state index in [1.54, 1.807) is 25.3 Å². The van der Waals surface area contributed by atoms with Gasteiger partial charge in [0.05, 0.1) is 13.0 Å². The monoisotopic (exact) mass is 336 g/mol. The van der Waals surface area contributed by atoms with Gasteiger partial charge in [0.25, 0.3) is 0 Å². The largest absolute Gasteiger partial charge is 0.497 e. The molecule has 2 atom stereocenters. The van der Waals surface area contributed by atoms with Crippen LogP contribution in [0.4, 0.5) is 4.39 Å². The molecule has 0 heterocycles. The highest BCUT2D eigenvalue weighted by atomic mass is 19.1. The van der Waals surface area contributed by atoms with Crippen molar-refractivity contribution in [2.24, 2.45) is 5.92 Å². The Kier molecular flexibility index (Phi) is 3.88. The summed E-state index contributed by atoms with van der Waals surface area (Å²) in [5, 5.41) is 2.01. The average molecular weight is 336 g/mol. The standard InChI is InChI=1S/C21H17FO3/c1-24-17-8-4-13-5-9-18(11-15(13)10-17)25-21(23)20-12-19(20)14-2-6-16(22)7-3-14/h2-11,19-20H,12H2,1H3. The third kappa shape index (κ3) is 3.20. The van der Waals surface area contributed by atoms with Gasteiger partial charge in [0.15, 0.2) is 0 Å². The number of ether oxygens (including phenoxy) is 2. The molecule has 0 saturated heterocycles. The highest BCUT2D eigenvalue weighted by molar-refractivity contribution is 5.86. The van der Waals surface area contributed by atoms with Gasteiger partial charge in [-0.2, -0.15) is 0 Å². The van der Waals surface area contributed by atoms with Crippen molar-refractivity contribution in [1.29, 1.82) is 0 Å². The van der Waals surface area contributed by atoms with Gasteiger partial charge in [-0.3, -0.25) is 4.79 Å². The molecule has 0 radical (unpaired) electrons. The number of methoxy groups -OCH3 is 1. The summed E-state index contributed by atoms with van der Waals surface area (Å²) in [6, 6.07) is 17.6. The molecule has 3 aromatic rings. The molecule has 4 heteroatoms. The van der Waals surface area contributed by atoms with Crippen molar-refractivity contribution < 1.29 is 18.7 Å². The molecule has 2 unspecified atom stereocenters. The fourth-order valence-corrected chi connectivity index (χ4v) is 3.12. The molecular weight excluding hydrogens is 319 g/mol. The van der Waals surface area contributed by atoms with Crippen molar-refractivity contribution >= 4 is 16.7 Å². The first-order valence-corrected chi connectivity index (χ1v) is 8.19. The minimum absolute atomic E-state index is 0.119. The zero-order chi connectivity index (χ0) is 17.4. The van der Waals surface area contributed by atoms with Gasteiger partial charge < -0.3 is 9.47 Å². The van der Waals surface area contributed by atoms with Gasteiger partial charge in [0.1, 0.15) is 17.3 Å². The molecule has 0 aromatic heterocycles. The first-order valence-electron chi connectivity index (χ1n) is 8.19. The van der Waals surface area contributed by atoms with Gasteiger partial charge in [0, 0.05) is 0 Å². The number of hydrogen-bond acceptors (Lipinski definition) is 3. The SMILES string of the molecule is COc1ccc2ccc(OC(=O)C3CC3c3ccc(F)cc3)cc2c1. The van der Waals surface area contributed by atoms with E-state index in [4.69, 9.17) is 9.47 Å². The Labute approximate surface area is 145 Å². The molecule has 0 bridgehead atoms.